The van der Waals surface area contributed by atoms with E-state index < -0.39 is 18.2 Å². The number of rotatable bonds is 40. The predicted octanol–water partition coefficient (Wildman–Crippen LogP) is 13.9. The Morgan fingerprint density at radius 1 is 0.508 bits per heavy atom. The van der Waals surface area contributed by atoms with Crippen molar-refractivity contribution in [1.82, 2.24) is 5.32 Å². The fraction of sp³-hybridized carbons (Fsp3) is 0.623. The number of ether oxygens (including phenoxy) is 1. The van der Waals surface area contributed by atoms with Gasteiger partial charge in [-0.05, 0) is 57.8 Å². The molecule has 0 fully saturated rings. The van der Waals surface area contributed by atoms with Gasteiger partial charge in [-0.1, -0.05) is 226 Å². The number of unbranched alkanes of at least 4 members (excludes halogenated alkanes) is 17. The Kier molecular flexibility index (Phi) is 42.9. The quantitative estimate of drug-likeness (QED) is 0.0325. The number of nitrogens with one attached hydrogen (secondary N) is 1. The molecule has 0 bridgehead atoms. The molecule has 3 atom stereocenters. The van der Waals surface area contributed by atoms with Gasteiger partial charge in [0.15, 0.2) is 0 Å². The molecule has 0 aromatic heterocycles. The van der Waals surface area contributed by atoms with E-state index in [1.807, 2.05) is 85.1 Å². The molecule has 0 aliphatic carbocycles. The SMILES string of the molecule is CC/C=C/C=C/C=C\C=C/C=C/CCCCCC(=O)OC(CCC\C=C/C=C\C=C\C=C\CC)CC(=O)NC(CO)C(O)CCCCCCCCCCCCCCCC. The van der Waals surface area contributed by atoms with Crippen LogP contribution < -0.4 is 5.32 Å². The van der Waals surface area contributed by atoms with Crippen molar-refractivity contribution in [2.24, 2.45) is 0 Å². The molecule has 6 nitrogen and oxygen atoms in total. The van der Waals surface area contributed by atoms with E-state index in [1.165, 1.54) is 70.6 Å². The third-order valence-corrected chi connectivity index (χ3v) is 10.1. The average molecular weight is 818 g/mol. The molecule has 0 aliphatic rings. The summed E-state index contributed by atoms with van der Waals surface area (Å²) in [6, 6.07) is -0.738. The van der Waals surface area contributed by atoms with Crippen molar-refractivity contribution in [3.63, 3.8) is 0 Å². The van der Waals surface area contributed by atoms with Gasteiger partial charge in [-0.25, -0.2) is 0 Å². The Hall–Kier alpha value is -3.48. The molecule has 0 saturated heterocycles. The lowest BCUT2D eigenvalue weighted by molar-refractivity contribution is -0.151. The molecule has 0 aliphatic heterocycles. The van der Waals surface area contributed by atoms with Crippen molar-refractivity contribution >= 4 is 11.9 Å². The lowest BCUT2D eigenvalue weighted by atomic mass is 10.0. The van der Waals surface area contributed by atoms with E-state index in [0.29, 0.717) is 19.3 Å². The number of aliphatic hydroxyl groups is 2. The highest BCUT2D eigenvalue weighted by Crippen LogP contribution is 2.16. The van der Waals surface area contributed by atoms with Gasteiger partial charge in [0, 0.05) is 6.42 Å². The smallest absolute Gasteiger partial charge is 0.306 e. The summed E-state index contributed by atoms with van der Waals surface area (Å²) in [7, 11) is 0. The van der Waals surface area contributed by atoms with E-state index in [-0.39, 0.29) is 24.9 Å². The molecule has 1 amide bonds. The second-order valence-electron chi connectivity index (χ2n) is 15.6. The third kappa shape index (κ3) is 41.1. The number of hydrogen-bond acceptors (Lipinski definition) is 5. The maximum Gasteiger partial charge on any atom is 0.306 e. The molecule has 59 heavy (non-hydrogen) atoms. The van der Waals surface area contributed by atoms with Crippen LogP contribution in [-0.4, -0.2) is 46.9 Å². The van der Waals surface area contributed by atoms with Gasteiger partial charge >= 0.3 is 5.97 Å². The molecule has 3 unspecified atom stereocenters. The fourth-order valence-corrected chi connectivity index (χ4v) is 6.52. The number of hydrogen-bond donors (Lipinski definition) is 3. The fourth-order valence-electron chi connectivity index (χ4n) is 6.52. The van der Waals surface area contributed by atoms with E-state index in [0.717, 1.165) is 70.6 Å². The van der Waals surface area contributed by atoms with Crippen molar-refractivity contribution in [2.45, 2.75) is 206 Å². The van der Waals surface area contributed by atoms with Crippen molar-refractivity contribution in [3.05, 3.63) is 109 Å². The van der Waals surface area contributed by atoms with E-state index in [2.05, 4.69) is 50.4 Å². The summed E-state index contributed by atoms with van der Waals surface area (Å²) in [4.78, 5) is 26.0. The molecule has 6 heteroatoms. The topological polar surface area (TPSA) is 95.9 Å². The van der Waals surface area contributed by atoms with Crippen molar-refractivity contribution in [2.75, 3.05) is 6.61 Å². The number of esters is 1. The molecular formula is C53H87NO5. The average Bonchev–Trinajstić information content (AvgIpc) is 3.23. The molecule has 0 saturated carbocycles. The summed E-state index contributed by atoms with van der Waals surface area (Å²) in [5, 5.41) is 23.7. The minimum atomic E-state index is -0.818. The summed E-state index contributed by atoms with van der Waals surface area (Å²) < 4.78 is 5.85. The number of aliphatic hydroxyl groups excluding tert-OH is 2. The molecule has 334 valence electrons. The summed E-state index contributed by atoms with van der Waals surface area (Å²) in [5.41, 5.74) is 0. The largest absolute Gasteiger partial charge is 0.462 e. The number of allylic oxidation sites excluding steroid dienone is 18. The van der Waals surface area contributed by atoms with Crippen LogP contribution >= 0.6 is 0 Å². The maximum absolute atomic E-state index is 13.1. The van der Waals surface area contributed by atoms with E-state index in [1.54, 1.807) is 0 Å². The monoisotopic (exact) mass is 818 g/mol. The summed E-state index contributed by atoms with van der Waals surface area (Å²) >= 11 is 0. The standard InChI is InChI=1S/C53H87NO5/c1-4-7-10-13-16-19-22-24-26-28-31-34-37-40-43-46-53(58)59-49(44-41-38-35-32-29-21-18-15-12-9-6-3)47-52(57)54-50(48-55)51(56)45-42-39-36-33-30-27-25-23-20-17-14-11-8-5-2/h7,9-10,12-13,15-16,18-19,21-22,24,26,28-29,31-32,35,49-51,55-56H,4-6,8,11,14,17,20,23,25,27,30,33-34,36-48H2,1-3H3,(H,54,57)/b10-7+,12-9+,16-13+,18-15+,22-19-,26-24-,29-21-,31-28+,35-32-. The molecule has 3 N–H and O–H groups in total. The van der Waals surface area contributed by atoms with Crippen LogP contribution in [0.4, 0.5) is 0 Å². The molecule has 0 heterocycles. The highest BCUT2D eigenvalue weighted by atomic mass is 16.5. The van der Waals surface area contributed by atoms with Crippen LogP contribution in [-0.2, 0) is 14.3 Å². The van der Waals surface area contributed by atoms with Crippen LogP contribution in [0.15, 0.2) is 109 Å². The first-order chi connectivity index (χ1) is 29.0. The van der Waals surface area contributed by atoms with Gasteiger partial charge in [-0.2, -0.15) is 0 Å². The van der Waals surface area contributed by atoms with E-state index in [9.17, 15) is 19.8 Å². The van der Waals surface area contributed by atoms with Gasteiger partial charge in [-0.15, -0.1) is 0 Å². The zero-order valence-electron chi connectivity index (χ0n) is 37.8. The van der Waals surface area contributed by atoms with Gasteiger partial charge in [0.2, 0.25) is 5.91 Å². The second-order valence-corrected chi connectivity index (χ2v) is 15.6. The van der Waals surface area contributed by atoms with Crippen LogP contribution in [0.5, 0.6) is 0 Å². The van der Waals surface area contributed by atoms with Crippen LogP contribution in [0.25, 0.3) is 0 Å². The highest BCUT2D eigenvalue weighted by Gasteiger charge is 2.24. The first kappa shape index (κ1) is 55.5. The van der Waals surface area contributed by atoms with Crippen molar-refractivity contribution in [3.8, 4) is 0 Å². The first-order valence-corrected chi connectivity index (χ1v) is 23.7. The van der Waals surface area contributed by atoms with E-state index >= 15 is 0 Å². The van der Waals surface area contributed by atoms with Gasteiger partial charge < -0.3 is 20.3 Å². The van der Waals surface area contributed by atoms with Crippen molar-refractivity contribution < 1.29 is 24.5 Å². The molecule has 0 spiro atoms. The lowest BCUT2D eigenvalue weighted by Crippen LogP contribution is -2.46. The van der Waals surface area contributed by atoms with Crippen LogP contribution in [0, 0.1) is 0 Å². The molecule has 0 aromatic carbocycles. The van der Waals surface area contributed by atoms with Gasteiger partial charge in [0.05, 0.1) is 25.2 Å². The Labute approximate surface area is 362 Å². The third-order valence-electron chi connectivity index (χ3n) is 10.1. The van der Waals surface area contributed by atoms with E-state index in [4.69, 9.17) is 4.74 Å². The number of amides is 1. The minimum Gasteiger partial charge on any atom is -0.462 e. The lowest BCUT2D eigenvalue weighted by Gasteiger charge is -2.24. The van der Waals surface area contributed by atoms with Gasteiger partial charge in [0.25, 0.3) is 0 Å². The Balaban J connectivity index is 4.73. The van der Waals surface area contributed by atoms with Gasteiger partial charge in [-0.3, -0.25) is 9.59 Å². The van der Waals surface area contributed by atoms with Crippen LogP contribution in [0.2, 0.25) is 0 Å². The predicted molar refractivity (Wildman–Crippen MR) is 254 cm³/mol. The first-order valence-electron chi connectivity index (χ1n) is 23.7. The molecule has 0 radical (unpaired) electrons. The summed E-state index contributed by atoms with van der Waals surface area (Å²) in [6.45, 7) is 6.14. The Morgan fingerprint density at radius 3 is 1.41 bits per heavy atom. The van der Waals surface area contributed by atoms with Crippen molar-refractivity contribution in [1.29, 1.82) is 0 Å². The Morgan fingerprint density at radius 2 is 0.932 bits per heavy atom. The van der Waals surface area contributed by atoms with Crippen LogP contribution in [0.1, 0.15) is 188 Å². The zero-order chi connectivity index (χ0) is 43.1. The molecular weight excluding hydrogens is 731 g/mol. The summed E-state index contributed by atoms with van der Waals surface area (Å²) in [6.07, 6.45) is 61.5. The highest BCUT2D eigenvalue weighted by molar-refractivity contribution is 5.77. The minimum absolute atomic E-state index is 0.00714. The zero-order valence-corrected chi connectivity index (χ0v) is 37.8. The van der Waals surface area contributed by atoms with Gasteiger partial charge in [0.1, 0.15) is 6.10 Å². The normalized spacial score (nSPS) is 14.3. The number of carbonyl (C=O) groups excluding carboxylic acids is 2. The maximum atomic E-state index is 13.1. The van der Waals surface area contributed by atoms with Crippen LogP contribution in [0.3, 0.4) is 0 Å². The Bertz CT molecular complexity index is 1240. The molecule has 0 aromatic rings. The summed E-state index contributed by atoms with van der Waals surface area (Å²) in [5.74, 6) is -0.604. The number of carbonyl (C=O) groups is 2. The second kappa shape index (κ2) is 45.6. The molecule has 0 rings (SSSR count).